The third kappa shape index (κ3) is 2.83. The van der Waals surface area contributed by atoms with Crippen LogP contribution in [0.2, 0.25) is 0 Å². The van der Waals surface area contributed by atoms with E-state index in [2.05, 4.69) is 27.0 Å². The SMILES string of the molecule is Cc1ccc(Oc2cncc(Br)c2)c(C#N)c1. The van der Waals surface area contributed by atoms with E-state index in [1.54, 1.807) is 30.6 Å². The van der Waals surface area contributed by atoms with E-state index in [0.29, 0.717) is 17.1 Å². The lowest BCUT2D eigenvalue weighted by atomic mass is 10.1. The fraction of sp³-hybridized carbons (Fsp3) is 0.0769. The molecule has 3 nitrogen and oxygen atoms in total. The van der Waals surface area contributed by atoms with Gasteiger partial charge in [-0.3, -0.25) is 4.98 Å². The summed E-state index contributed by atoms with van der Waals surface area (Å²) in [6.45, 7) is 1.94. The first-order valence-corrected chi connectivity index (χ1v) is 5.77. The fourth-order valence-electron chi connectivity index (χ4n) is 1.40. The van der Waals surface area contributed by atoms with E-state index >= 15 is 0 Å². The second-order valence-electron chi connectivity index (χ2n) is 3.55. The largest absolute Gasteiger partial charge is 0.454 e. The number of hydrogen-bond acceptors (Lipinski definition) is 3. The van der Waals surface area contributed by atoms with Gasteiger partial charge in [0.2, 0.25) is 0 Å². The standard InChI is InChI=1S/C13H9BrN2O/c1-9-2-3-13(10(4-9)6-15)17-12-5-11(14)7-16-8-12/h2-5,7-8H,1H3. The van der Waals surface area contributed by atoms with Crippen LogP contribution >= 0.6 is 15.9 Å². The maximum Gasteiger partial charge on any atom is 0.146 e. The summed E-state index contributed by atoms with van der Waals surface area (Å²) < 4.78 is 6.46. The van der Waals surface area contributed by atoms with Crippen LogP contribution in [0.5, 0.6) is 11.5 Å². The average molecular weight is 289 g/mol. The molecule has 0 aliphatic rings. The number of rotatable bonds is 2. The number of nitrogens with zero attached hydrogens (tertiary/aromatic N) is 2. The number of pyridine rings is 1. The molecule has 0 aliphatic heterocycles. The summed E-state index contributed by atoms with van der Waals surface area (Å²) >= 11 is 3.32. The summed E-state index contributed by atoms with van der Waals surface area (Å²) in [5.41, 5.74) is 1.55. The fourth-order valence-corrected chi connectivity index (χ4v) is 1.74. The van der Waals surface area contributed by atoms with Crippen molar-refractivity contribution in [1.29, 1.82) is 5.26 Å². The number of ether oxygens (including phenoxy) is 1. The van der Waals surface area contributed by atoms with Gasteiger partial charge in [0.05, 0.1) is 11.8 Å². The number of hydrogen-bond donors (Lipinski definition) is 0. The van der Waals surface area contributed by atoms with Crippen LogP contribution in [0, 0.1) is 18.3 Å². The van der Waals surface area contributed by atoms with Gasteiger partial charge in [-0.25, -0.2) is 0 Å². The van der Waals surface area contributed by atoms with Gasteiger partial charge in [-0.2, -0.15) is 5.26 Å². The van der Waals surface area contributed by atoms with Crippen molar-refractivity contribution >= 4 is 15.9 Å². The molecule has 0 N–H and O–H groups in total. The molecular weight excluding hydrogens is 280 g/mol. The maximum absolute atomic E-state index is 9.02. The summed E-state index contributed by atoms with van der Waals surface area (Å²) in [6, 6.07) is 9.40. The second-order valence-corrected chi connectivity index (χ2v) is 4.47. The quantitative estimate of drug-likeness (QED) is 0.844. The van der Waals surface area contributed by atoms with Gasteiger partial charge in [0, 0.05) is 10.7 Å². The Bertz CT molecular complexity index is 590. The zero-order chi connectivity index (χ0) is 12.3. The number of benzene rings is 1. The predicted octanol–water partition coefficient (Wildman–Crippen LogP) is 3.82. The molecule has 0 atom stereocenters. The monoisotopic (exact) mass is 288 g/mol. The zero-order valence-corrected chi connectivity index (χ0v) is 10.7. The van der Waals surface area contributed by atoms with Crippen LogP contribution < -0.4 is 4.74 Å². The highest BCUT2D eigenvalue weighted by atomic mass is 79.9. The molecule has 4 heteroatoms. The van der Waals surface area contributed by atoms with Gasteiger partial charge in [0.1, 0.15) is 17.6 Å². The molecule has 84 valence electrons. The third-order valence-electron chi connectivity index (χ3n) is 2.16. The van der Waals surface area contributed by atoms with E-state index in [4.69, 9.17) is 10.00 Å². The van der Waals surface area contributed by atoms with Crippen LogP contribution in [-0.2, 0) is 0 Å². The molecule has 1 aromatic carbocycles. The van der Waals surface area contributed by atoms with E-state index in [1.807, 2.05) is 13.0 Å². The van der Waals surface area contributed by atoms with Crippen molar-refractivity contribution in [3.05, 3.63) is 52.3 Å². The molecule has 0 unspecified atom stereocenters. The Morgan fingerprint density at radius 1 is 1.29 bits per heavy atom. The Balaban J connectivity index is 2.34. The van der Waals surface area contributed by atoms with Crippen molar-refractivity contribution in [2.75, 3.05) is 0 Å². The van der Waals surface area contributed by atoms with E-state index in [0.717, 1.165) is 10.0 Å². The Morgan fingerprint density at radius 2 is 2.12 bits per heavy atom. The van der Waals surface area contributed by atoms with Crippen LogP contribution in [0.3, 0.4) is 0 Å². The summed E-state index contributed by atoms with van der Waals surface area (Å²) in [6.07, 6.45) is 3.28. The van der Waals surface area contributed by atoms with Gasteiger partial charge in [0.15, 0.2) is 0 Å². The molecule has 1 heterocycles. The van der Waals surface area contributed by atoms with Crippen LogP contribution in [0.15, 0.2) is 41.1 Å². The smallest absolute Gasteiger partial charge is 0.146 e. The van der Waals surface area contributed by atoms with Crippen LogP contribution in [-0.4, -0.2) is 4.98 Å². The molecule has 0 amide bonds. The lowest BCUT2D eigenvalue weighted by molar-refractivity contribution is 0.478. The lowest BCUT2D eigenvalue weighted by Gasteiger charge is -2.07. The summed E-state index contributed by atoms with van der Waals surface area (Å²) in [5, 5.41) is 9.02. The number of nitriles is 1. The minimum absolute atomic E-state index is 0.518. The van der Waals surface area contributed by atoms with Crippen LogP contribution in [0.25, 0.3) is 0 Å². The second kappa shape index (κ2) is 4.98. The van der Waals surface area contributed by atoms with Gasteiger partial charge < -0.3 is 4.74 Å². The van der Waals surface area contributed by atoms with Gasteiger partial charge >= 0.3 is 0 Å². The van der Waals surface area contributed by atoms with Gasteiger partial charge in [-0.15, -0.1) is 0 Å². The summed E-state index contributed by atoms with van der Waals surface area (Å²) in [7, 11) is 0. The highest BCUT2D eigenvalue weighted by Crippen LogP contribution is 2.26. The molecule has 0 bridgehead atoms. The number of aromatic nitrogens is 1. The lowest BCUT2D eigenvalue weighted by Crippen LogP contribution is -1.89. The van der Waals surface area contributed by atoms with Crippen molar-refractivity contribution in [2.24, 2.45) is 0 Å². The predicted molar refractivity (Wildman–Crippen MR) is 67.9 cm³/mol. The van der Waals surface area contributed by atoms with E-state index in [-0.39, 0.29) is 0 Å². The molecule has 17 heavy (non-hydrogen) atoms. The van der Waals surface area contributed by atoms with Crippen LogP contribution in [0.1, 0.15) is 11.1 Å². The summed E-state index contributed by atoms with van der Waals surface area (Å²) in [4.78, 5) is 4.00. The first kappa shape index (κ1) is 11.6. The third-order valence-corrected chi connectivity index (χ3v) is 2.60. The van der Waals surface area contributed by atoms with Gasteiger partial charge in [0.25, 0.3) is 0 Å². The Labute approximate surface area is 108 Å². The molecule has 0 radical (unpaired) electrons. The summed E-state index contributed by atoms with van der Waals surface area (Å²) in [5.74, 6) is 1.14. The van der Waals surface area contributed by atoms with E-state index in [9.17, 15) is 0 Å². The molecule has 0 saturated carbocycles. The Hall–Kier alpha value is -1.86. The minimum atomic E-state index is 0.518. The first-order chi connectivity index (χ1) is 8.19. The number of halogens is 1. The Kier molecular flexibility index (Phi) is 3.40. The number of aryl methyl sites for hydroxylation is 1. The maximum atomic E-state index is 9.02. The molecule has 0 spiro atoms. The van der Waals surface area contributed by atoms with Crippen molar-refractivity contribution in [2.45, 2.75) is 6.92 Å². The van der Waals surface area contributed by atoms with E-state index < -0.39 is 0 Å². The molecule has 0 fully saturated rings. The highest BCUT2D eigenvalue weighted by Gasteiger charge is 2.05. The van der Waals surface area contributed by atoms with Crippen molar-refractivity contribution in [1.82, 2.24) is 4.98 Å². The van der Waals surface area contributed by atoms with Crippen molar-refractivity contribution < 1.29 is 4.74 Å². The Morgan fingerprint density at radius 3 is 2.82 bits per heavy atom. The molecule has 0 saturated heterocycles. The molecule has 1 aromatic heterocycles. The minimum Gasteiger partial charge on any atom is -0.454 e. The van der Waals surface area contributed by atoms with Crippen molar-refractivity contribution in [3.8, 4) is 17.6 Å². The highest BCUT2D eigenvalue weighted by molar-refractivity contribution is 9.10. The molecule has 2 rings (SSSR count). The first-order valence-electron chi connectivity index (χ1n) is 4.98. The normalized spacial score (nSPS) is 9.71. The average Bonchev–Trinajstić information content (AvgIpc) is 2.31. The van der Waals surface area contributed by atoms with Gasteiger partial charge in [-0.05, 0) is 46.6 Å². The van der Waals surface area contributed by atoms with E-state index in [1.165, 1.54) is 0 Å². The van der Waals surface area contributed by atoms with Crippen LogP contribution in [0.4, 0.5) is 0 Å². The molecular formula is C13H9BrN2O. The molecule has 2 aromatic rings. The van der Waals surface area contributed by atoms with Crippen molar-refractivity contribution in [3.63, 3.8) is 0 Å². The molecule has 0 aliphatic carbocycles. The zero-order valence-electron chi connectivity index (χ0n) is 9.14. The van der Waals surface area contributed by atoms with Gasteiger partial charge in [-0.1, -0.05) is 6.07 Å². The topological polar surface area (TPSA) is 45.9 Å².